The SMILES string of the molecule is CC(C)(C)C(C(=O)O)n1ccnc1. The van der Waals surface area contributed by atoms with Crippen LogP contribution in [0.15, 0.2) is 18.7 Å². The van der Waals surface area contributed by atoms with E-state index in [4.69, 9.17) is 5.11 Å². The molecule has 0 spiro atoms. The number of imidazole rings is 1. The van der Waals surface area contributed by atoms with Gasteiger partial charge < -0.3 is 9.67 Å². The first-order valence-electron chi connectivity index (χ1n) is 4.13. The molecule has 1 N–H and O–H groups in total. The Morgan fingerprint density at radius 1 is 1.54 bits per heavy atom. The number of rotatable bonds is 2. The van der Waals surface area contributed by atoms with E-state index in [1.165, 1.54) is 6.33 Å². The number of hydrogen-bond donors (Lipinski definition) is 1. The maximum Gasteiger partial charge on any atom is 0.327 e. The predicted molar refractivity (Wildman–Crippen MR) is 48.4 cm³/mol. The van der Waals surface area contributed by atoms with Crippen molar-refractivity contribution >= 4 is 5.97 Å². The molecule has 0 radical (unpaired) electrons. The van der Waals surface area contributed by atoms with Crippen LogP contribution >= 0.6 is 0 Å². The summed E-state index contributed by atoms with van der Waals surface area (Å²) in [6, 6.07) is -0.560. The molecule has 0 saturated heterocycles. The molecule has 13 heavy (non-hydrogen) atoms. The van der Waals surface area contributed by atoms with Crippen molar-refractivity contribution in [1.82, 2.24) is 9.55 Å². The van der Waals surface area contributed by atoms with Gasteiger partial charge in [-0.05, 0) is 5.41 Å². The normalized spacial score (nSPS) is 14.1. The van der Waals surface area contributed by atoms with E-state index < -0.39 is 12.0 Å². The average molecular weight is 182 g/mol. The van der Waals surface area contributed by atoms with E-state index in [9.17, 15) is 4.79 Å². The molecular formula is C9H14N2O2. The molecule has 0 bridgehead atoms. The van der Waals surface area contributed by atoms with Crippen molar-refractivity contribution in [2.75, 3.05) is 0 Å². The number of carbonyl (C=O) groups is 1. The van der Waals surface area contributed by atoms with Gasteiger partial charge in [0.15, 0.2) is 0 Å². The second-order valence-electron chi connectivity index (χ2n) is 4.12. The molecule has 1 heterocycles. The van der Waals surface area contributed by atoms with Crippen molar-refractivity contribution < 1.29 is 9.90 Å². The molecule has 0 aliphatic carbocycles. The summed E-state index contributed by atoms with van der Waals surface area (Å²) in [5, 5.41) is 9.03. The zero-order chi connectivity index (χ0) is 10.1. The molecule has 1 rings (SSSR count). The lowest BCUT2D eigenvalue weighted by atomic mass is 9.87. The van der Waals surface area contributed by atoms with Gasteiger partial charge in [-0.3, -0.25) is 0 Å². The van der Waals surface area contributed by atoms with Crippen LogP contribution < -0.4 is 0 Å². The Hall–Kier alpha value is -1.32. The zero-order valence-electron chi connectivity index (χ0n) is 8.06. The summed E-state index contributed by atoms with van der Waals surface area (Å²) in [5.74, 6) is -0.828. The first kappa shape index (κ1) is 9.77. The number of hydrogen-bond acceptors (Lipinski definition) is 2. The highest BCUT2D eigenvalue weighted by Gasteiger charge is 2.32. The summed E-state index contributed by atoms with van der Waals surface area (Å²) in [4.78, 5) is 14.8. The second kappa shape index (κ2) is 3.20. The van der Waals surface area contributed by atoms with E-state index in [2.05, 4.69) is 4.98 Å². The first-order valence-corrected chi connectivity index (χ1v) is 4.13. The third-order valence-corrected chi connectivity index (χ3v) is 1.88. The Balaban J connectivity index is 3.01. The molecule has 1 unspecified atom stereocenters. The number of aliphatic carboxylic acids is 1. The Morgan fingerprint density at radius 2 is 2.15 bits per heavy atom. The van der Waals surface area contributed by atoms with Crippen molar-refractivity contribution in [3.05, 3.63) is 18.7 Å². The third kappa shape index (κ3) is 2.08. The maximum absolute atomic E-state index is 11.0. The summed E-state index contributed by atoms with van der Waals surface area (Å²) >= 11 is 0. The van der Waals surface area contributed by atoms with Crippen molar-refractivity contribution in [2.24, 2.45) is 5.41 Å². The molecule has 0 aromatic carbocycles. The number of carboxylic acids is 1. The molecule has 0 aliphatic heterocycles. The first-order chi connectivity index (χ1) is 5.93. The second-order valence-corrected chi connectivity index (χ2v) is 4.12. The van der Waals surface area contributed by atoms with E-state index in [1.54, 1.807) is 17.0 Å². The predicted octanol–water partition coefficient (Wildman–Crippen LogP) is 1.55. The smallest absolute Gasteiger partial charge is 0.327 e. The van der Waals surface area contributed by atoms with Crippen molar-refractivity contribution in [3.8, 4) is 0 Å². The van der Waals surface area contributed by atoms with E-state index in [1.807, 2.05) is 20.8 Å². The molecule has 1 aromatic rings. The van der Waals surface area contributed by atoms with Crippen LogP contribution in [-0.4, -0.2) is 20.6 Å². The Labute approximate surface area is 77.2 Å². The fourth-order valence-corrected chi connectivity index (χ4v) is 1.37. The summed E-state index contributed by atoms with van der Waals surface area (Å²) in [6.07, 6.45) is 4.79. The van der Waals surface area contributed by atoms with Crippen molar-refractivity contribution in [1.29, 1.82) is 0 Å². The van der Waals surface area contributed by atoms with E-state index in [-0.39, 0.29) is 5.41 Å². The molecule has 72 valence electrons. The zero-order valence-corrected chi connectivity index (χ0v) is 8.06. The van der Waals surface area contributed by atoms with Crippen LogP contribution in [0.4, 0.5) is 0 Å². The van der Waals surface area contributed by atoms with Crippen molar-refractivity contribution in [2.45, 2.75) is 26.8 Å². The minimum absolute atomic E-state index is 0.313. The number of carboxylic acid groups (broad SMARTS) is 1. The molecule has 0 amide bonds. The number of aromatic nitrogens is 2. The lowest BCUT2D eigenvalue weighted by Crippen LogP contribution is -2.30. The van der Waals surface area contributed by atoms with E-state index in [0.29, 0.717) is 0 Å². The molecule has 1 aromatic heterocycles. The monoisotopic (exact) mass is 182 g/mol. The molecule has 1 atom stereocenters. The molecule has 4 nitrogen and oxygen atoms in total. The van der Waals surface area contributed by atoms with Crippen molar-refractivity contribution in [3.63, 3.8) is 0 Å². The van der Waals surface area contributed by atoms with Crippen LogP contribution in [0.1, 0.15) is 26.8 Å². The van der Waals surface area contributed by atoms with E-state index >= 15 is 0 Å². The third-order valence-electron chi connectivity index (χ3n) is 1.88. The largest absolute Gasteiger partial charge is 0.480 e. The molecule has 0 aliphatic rings. The van der Waals surface area contributed by atoms with Gasteiger partial charge in [0.25, 0.3) is 0 Å². The summed E-state index contributed by atoms with van der Waals surface area (Å²) in [7, 11) is 0. The fraction of sp³-hybridized carbons (Fsp3) is 0.556. The van der Waals surface area contributed by atoms with Gasteiger partial charge in [0.05, 0.1) is 6.33 Å². The van der Waals surface area contributed by atoms with Gasteiger partial charge in [-0.2, -0.15) is 0 Å². The van der Waals surface area contributed by atoms with Gasteiger partial charge in [0, 0.05) is 12.4 Å². The van der Waals surface area contributed by atoms with E-state index in [0.717, 1.165) is 0 Å². The lowest BCUT2D eigenvalue weighted by molar-refractivity contribution is -0.144. The van der Waals surface area contributed by atoms with Crippen LogP contribution in [0.25, 0.3) is 0 Å². The minimum atomic E-state index is -0.828. The minimum Gasteiger partial charge on any atom is -0.480 e. The molecular weight excluding hydrogens is 168 g/mol. The van der Waals surface area contributed by atoms with Gasteiger partial charge in [-0.15, -0.1) is 0 Å². The van der Waals surface area contributed by atoms with Crippen LogP contribution in [0.5, 0.6) is 0 Å². The number of nitrogens with zero attached hydrogens (tertiary/aromatic N) is 2. The van der Waals surface area contributed by atoms with Gasteiger partial charge in [-0.25, -0.2) is 9.78 Å². The molecule has 4 heteroatoms. The molecule has 0 saturated carbocycles. The van der Waals surface area contributed by atoms with Gasteiger partial charge >= 0.3 is 5.97 Å². The Kier molecular flexibility index (Phi) is 2.40. The van der Waals surface area contributed by atoms with Gasteiger partial charge in [-0.1, -0.05) is 20.8 Å². The quantitative estimate of drug-likeness (QED) is 0.755. The van der Waals surface area contributed by atoms with Crippen LogP contribution in [-0.2, 0) is 4.79 Å². The average Bonchev–Trinajstić information content (AvgIpc) is 2.34. The Morgan fingerprint density at radius 3 is 2.46 bits per heavy atom. The highest BCUT2D eigenvalue weighted by molar-refractivity contribution is 5.72. The maximum atomic E-state index is 11.0. The van der Waals surface area contributed by atoms with Gasteiger partial charge in [0.2, 0.25) is 0 Å². The summed E-state index contributed by atoms with van der Waals surface area (Å²) in [5.41, 5.74) is -0.313. The van der Waals surface area contributed by atoms with Gasteiger partial charge in [0.1, 0.15) is 6.04 Å². The summed E-state index contributed by atoms with van der Waals surface area (Å²) < 4.78 is 1.61. The highest BCUT2D eigenvalue weighted by Crippen LogP contribution is 2.30. The standard InChI is InChI=1S/C9H14N2O2/c1-9(2,3)7(8(12)13)11-5-4-10-6-11/h4-7H,1-3H3,(H,12,13). The van der Waals surface area contributed by atoms with Crippen LogP contribution in [0.3, 0.4) is 0 Å². The fourth-order valence-electron chi connectivity index (χ4n) is 1.37. The summed E-state index contributed by atoms with van der Waals surface area (Å²) in [6.45, 7) is 5.68. The van der Waals surface area contributed by atoms with Crippen LogP contribution in [0, 0.1) is 5.41 Å². The Bertz CT molecular complexity index is 285. The lowest BCUT2D eigenvalue weighted by Gasteiger charge is -2.27. The van der Waals surface area contributed by atoms with Crippen LogP contribution in [0.2, 0.25) is 0 Å². The topological polar surface area (TPSA) is 55.1 Å². The molecule has 0 fully saturated rings. The highest BCUT2D eigenvalue weighted by atomic mass is 16.4.